The lowest BCUT2D eigenvalue weighted by molar-refractivity contribution is 0.0778. The number of likely N-dealkylation sites (tertiary alicyclic amines) is 1. The number of hydrogen-bond acceptors (Lipinski definition) is 1. The van der Waals surface area contributed by atoms with E-state index in [1.54, 1.807) is 6.07 Å². The molecule has 1 aromatic rings. The van der Waals surface area contributed by atoms with Gasteiger partial charge in [-0.3, -0.25) is 4.79 Å². The van der Waals surface area contributed by atoms with Gasteiger partial charge in [0.25, 0.3) is 5.91 Å². The normalized spacial score (nSPS) is 18.5. The molecule has 0 unspecified atom stereocenters. The Morgan fingerprint density at radius 2 is 2.18 bits per heavy atom. The van der Waals surface area contributed by atoms with Crippen molar-refractivity contribution in [2.75, 3.05) is 13.1 Å². The largest absolute Gasteiger partial charge is 0.338 e. The lowest BCUT2D eigenvalue weighted by atomic mass is 9.93. The molecule has 0 bridgehead atoms. The molecule has 1 saturated heterocycles. The molecule has 0 N–H and O–H groups in total. The van der Waals surface area contributed by atoms with Gasteiger partial charge in [-0.05, 0) is 52.6 Å². The SMILES string of the molecule is CC1(C)CCN(C(=O)c2ccc(I)c(Cl)c2)C1. The number of rotatable bonds is 1. The van der Waals surface area contributed by atoms with E-state index in [2.05, 4.69) is 36.4 Å². The van der Waals surface area contributed by atoms with Gasteiger partial charge in [0.1, 0.15) is 0 Å². The molecule has 1 heterocycles. The van der Waals surface area contributed by atoms with Crippen molar-refractivity contribution in [3.05, 3.63) is 32.4 Å². The molecule has 0 radical (unpaired) electrons. The molecule has 1 amide bonds. The van der Waals surface area contributed by atoms with Crippen LogP contribution < -0.4 is 0 Å². The van der Waals surface area contributed by atoms with Crippen LogP contribution in [0.5, 0.6) is 0 Å². The second-order valence-corrected chi connectivity index (χ2v) is 6.84. The molecule has 1 aliphatic heterocycles. The van der Waals surface area contributed by atoms with Gasteiger partial charge in [-0.25, -0.2) is 0 Å². The Hall–Kier alpha value is -0.290. The van der Waals surface area contributed by atoms with E-state index < -0.39 is 0 Å². The zero-order valence-electron chi connectivity index (χ0n) is 9.96. The fraction of sp³-hybridized carbons (Fsp3) is 0.462. The maximum Gasteiger partial charge on any atom is 0.253 e. The van der Waals surface area contributed by atoms with E-state index in [9.17, 15) is 4.79 Å². The number of carbonyl (C=O) groups excluding carboxylic acids is 1. The average molecular weight is 364 g/mol. The first kappa shape index (κ1) is 13.1. The molecule has 0 aromatic heterocycles. The summed E-state index contributed by atoms with van der Waals surface area (Å²) in [6, 6.07) is 5.50. The Balaban J connectivity index is 2.18. The number of nitrogens with zero attached hydrogens (tertiary/aromatic N) is 1. The van der Waals surface area contributed by atoms with Crippen molar-refractivity contribution in [2.24, 2.45) is 5.41 Å². The zero-order chi connectivity index (χ0) is 12.6. The minimum absolute atomic E-state index is 0.0916. The molecule has 2 rings (SSSR count). The zero-order valence-corrected chi connectivity index (χ0v) is 12.9. The summed E-state index contributed by atoms with van der Waals surface area (Å²) in [7, 11) is 0. The first-order chi connectivity index (χ1) is 7.89. The Kier molecular flexibility index (Phi) is 3.69. The van der Waals surface area contributed by atoms with Crippen molar-refractivity contribution < 1.29 is 4.79 Å². The average Bonchev–Trinajstić information content (AvgIpc) is 2.62. The predicted octanol–water partition coefficient (Wildman–Crippen LogP) is 3.82. The minimum atomic E-state index is 0.0916. The topological polar surface area (TPSA) is 20.3 Å². The predicted molar refractivity (Wildman–Crippen MR) is 78.5 cm³/mol. The summed E-state index contributed by atoms with van der Waals surface area (Å²) in [5, 5.41) is 0.648. The summed E-state index contributed by atoms with van der Waals surface area (Å²) in [5.41, 5.74) is 0.927. The van der Waals surface area contributed by atoms with Crippen molar-refractivity contribution in [2.45, 2.75) is 20.3 Å². The third kappa shape index (κ3) is 2.94. The number of amides is 1. The van der Waals surface area contributed by atoms with E-state index in [1.165, 1.54) is 0 Å². The maximum absolute atomic E-state index is 12.3. The lowest BCUT2D eigenvalue weighted by Gasteiger charge is -2.20. The van der Waals surface area contributed by atoms with Gasteiger partial charge in [0.2, 0.25) is 0 Å². The summed E-state index contributed by atoms with van der Waals surface area (Å²) in [6.45, 7) is 6.06. The van der Waals surface area contributed by atoms with Gasteiger partial charge in [-0.2, -0.15) is 0 Å². The highest BCUT2D eigenvalue weighted by Crippen LogP contribution is 2.30. The molecule has 0 saturated carbocycles. The third-order valence-electron chi connectivity index (χ3n) is 3.13. The van der Waals surface area contributed by atoms with E-state index in [4.69, 9.17) is 11.6 Å². The van der Waals surface area contributed by atoms with Crippen LogP contribution in [-0.2, 0) is 0 Å². The van der Waals surface area contributed by atoms with Crippen LogP contribution in [0.4, 0.5) is 0 Å². The summed E-state index contributed by atoms with van der Waals surface area (Å²) in [4.78, 5) is 14.2. The first-order valence-electron chi connectivity index (χ1n) is 5.63. The molecule has 1 aliphatic rings. The monoisotopic (exact) mass is 363 g/mol. The van der Waals surface area contributed by atoms with Crippen LogP contribution in [0.25, 0.3) is 0 Å². The second kappa shape index (κ2) is 4.76. The van der Waals surface area contributed by atoms with Gasteiger partial charge in [0.05, 0.1) is 5.02 Å². The minimum Gasteiger partial charge on any atom is -0.338 e. The van der Waals surface area contributed by atoms with Gasteiger partial charge in [-0.15, -0.1) is 0 Å². The Bertz CT molecular complexity index is 459. The number of carbonyl (C=O) groups is 1. The standard InChI is InChI=1S/C13H15ClINO/c1-13(2)5-6-16(8-13)12(17)9-3-4-11(15)10(14)7-9/h3-4,7H,5-6,8H2,1-2H3. The van der Waals surface area contributed by atoms with Crippen LogP contribution in [0, 0.1) is 8.99 Å². The maximum atomic E-state index is 12.3. The van der Waals surface area contributed by atoms with Gasteiger partial charge < -0.3 is 4.90 Å². The second-order valence-electron chi connectivity index (χ2n) is 5.27. The van der Waals surface area contributed by atoms with Crippen LogP contribution in [0.2, 0.25) is 5.02 Å². The highest BCUT2D eigenvalue weighted by atomic mass is 127. The van der Waals surface area contributed by atoms with Gasteiger partial charge in [-0.1, -0.05) is 25.4 Å². The Labute approximate surface area is 120 Å². The first-order valence-corrected chi connectivity index (χ1v) is 7.09. The fourth-order valence-electron chi connectivity index (χ4n) is 2.10. The Morgan fingerprint density at radius 3 is 2.71 bits per heavy atom. The highest BCUT2D eigenvalue weighted by molar-refractivity contribution is 14.1. The van der Waals surface area contributed by atoms with Crippen LogP contribution in [0.3, 0.4) is 0 Å². The van der Waals surface area contributed by atoms with Crippen LogP contribution >= 0.6 is 34.2 Å². The Morgan fingerprint density at radius 1 is 1.47 bits per heavy atom. The van der Waals surface area contributed by atoms with Crippen LogP contribution in [-0.4, -0.2) is 23.9 Å². The van der Waals surface area contributed by atoms with E-state index in [-0.39, 0.29) is 11.3 Å². The van der Waals surface area contributed by atoms with Gasteiger partial charge >= 0.3 is 0 Å². The molecular weight excluding hydrogens is 349 g/mol. The fourth-order valence-corrected chi connectivity index (χ4v) is 2.61. The lowest BCUT2D eigenvalue weighted by Crippen LogP contribution is -2.30. The smallest absolute Gasteiger partial charge is 0.253 e. The van der Waals surface area contributed by atoms with Crippen molar-refractivity contribution in [3.63, 3.8) is 0 Å². The van der Waals surface area contributed by atoms with E-state index in [0.29, 0.717) is 10.6 Å². The molecule has 4 heteroatoms. The van der Waals surface area contributed by atoms with E-state index in [0.717, 1.165) is 23.1 Å². The van der Waals surface area contributed by atoms with E-state index >= 15 is 0 Å². The quantitative estimate of drug-likeness (QED) is 0.695. The van der Waals surface area contributed by atoms with Crippen molar-refractivity contribution in [1.29, 1.82) is 0 Å². The van der Waals surface area contributed by atoms with Gasteiger partial charge in [0.15, 0.2) is 0 Å². The number of halogens is 2. The van der Waals surface area contributed by atoms with E-state index in [1.807, 2.05) is 17.0 Å². The number of benzene rings is 1. The summed E-state index contributed by atoms with van der Waals surface area (Å²) >= 11 is 8.20. The highest BCUT2D eigenvalue weighted by Gasteiger charge is 2.32. The molecule has 0 aliphatic carbocycles. The van der Waals surface area contributed by atoms with Crippen molar-refractivity contribution in [1.82, 2.24) is 4.90 Å². The molecule has 92 valence electrons. The summed E-state index contributed by atoms with van der Waals surface area (Å²) in [5.74, 6) is 0.0916. The van der Waals surface area contributed by atoms with Crippen molar-refractivity contribution >= 4 is 40.1 Å². The molecule has 0 spiro atoms. The third-order valence-corrected chi connectivity index (χ3v) is 4.70. The number of hydrogen-bond donors (Lipinski definition) is 0. The molecule has 17 heavy (non-hydrogen) atoms. The van der Waals surface area contributed by atoms with Crippen molar-refractivity contribution in [3.8, 4) is 0 Å². The molecule has 0 atom stereocenters. The molecule has 1 fully saturated rings. The summed E-state index contributed by atoms with van der Waals surface area (Å²) < 4.78 is 0.975. The van der Waals surface area contributed by atoms with Gasteiger partial charge in [0, 0.05) is 22.2 Å². The van der Waals surface area contributed by atoms with Crippen LogP contribution in [0.1, 0.15) is 30.6 Å². The molecular formula is C13H15ClINO. The molecule has 2 nitrogen and oxygen atoms in total. The van der Waals surface area contributed by atoms with Crippen LogP contribution in [0.15, 0.2) is 18.2 Å². The summed E-state index contributed by atoms with van der Waals surface area (Å²) in [6.07, 6.45) is 1.07. The molecule has 1 aromatic carbocycles.